The standard InChI is InChI=1S/C24H32N6O2/c1-23(2)15-17(16-24(3,4)28-23)29(13-14-31)22-18(9-11-25-26-22)19-10-12-30(27-19)20-7-5-6-8-21(20)32/h5-12,17,28,31-32H,13-16H2,1-4H3. The zero-order valence-electron chi connectivity index (χ0n) is 19.2. The molecule has 0 unspecified atom stereocenters. The van der Waals surface area contributed by atoms with E-state index in [1.807, 2.05) is 30.5 Å². The van der Waals surface area contributed by atoms with Gasteiger partial charge in [0.25, 0.3) is 0 Å². The minimum absolute atomic E-state index is 0.0210. The van der Waals surface area contributed by atoms with Gasteiger partial charge in [-0.3, -0.25) is 0 Å². The average Bonchev–Trinajstić information content (AvgIpc) is 3.20. The van der Waals surface area contributed by atoms with E-state index in [1.165, 1.54) is 0 Å². The number of para-hydroxylation sites is 2. The van der Waals surface area contributed by atoms with Gasteiger partial charge in [-0.1, -0.05) is 12.1 Å². The van der Waals surface area contributed by atoms with Crippen molar-refractivity contribution < 1.29 is 10.2 Å². The van der Waals surface area contributed by atoms with Gasteiger partial charge in [0, 0.05) is 35.4 Å². The van der Waals surface area contributed by atoms with Crippen LogP contribution in [-0.4, -0.2) is 60.5 Å². The van der Waals surface area contributed by atoms with Crippen molar-refractivity contribution in [3.05, 3.63) is 48.8 Å². The second kappa shape index (κ2) is 8.52. The summed E-state index contributed by atoms with van der Waals surface area (Å²) in [5.41, 5.74) is 2.09. The van der Waals surface area contributed by atoms with E-state index in [9.17, 15) is 10.2 Å². The van der Waals surface area contributed by atoms with Gasteiger partial charge in [-0.2, -0.15) is 10.2 Å². The summed E-state index contributed by atoms with van der Waals surface area (Å²) in [5.74, 6) is 0.874. The third-order valence-corrected chi connectivity index (χ3v) is 5.92. The van der Waals surface area contributed by atoms with Crippen molar-refractivity contribution in [2.45, 2.75) is 57.7 Å². The smallest absolute Gasteiger partial charge is 0.161 e. The maximum absolute atomic E-state index is 10.2. The highest BCUT2D eigenvalue weighted by atomic mass is 16.3. The Morgan fingerprint density at radius 2 is 1.81 bits per heavy atom. The van der Waals surface area contributed by atoms with Gasteiger partial charge in [-0.05, 0) is 64.8 Å². The lowest BCUT2D eigenvalue weighted by molar-refractivity contribution is 0.155. The molecule has 1 aliphatic heterocycles. The number of aliphatic hydroxyl groups excluding tert-OH is 1. The van der Waals surface area contributed by atoms with Gasteiger partial charge in [-0.25, -0.2) is 4.68 Å². The first-order valence-electron chi connectivity index (χ1n) is 11.0. The predicted molar refractivity (Wildman–Crippen MR) is 125 cm³/mol. The number of anilines is 1. The van der Waals surface area contributed by atoms with Crippen molar-refractivity contribution >= 4 is 5.82 Å². The van der Waals surface area contributed by atoms with Crippen LogP contribution in [-0.2, 0) is 0 Å². The van der Waals surface area contributed by atoms with E-state index in [4.69, 9.17) is 5.10 Å². The normalized spacial score (nSPS) is 17.9. The number of hydrogen-bond donors (Lipinski definition) is 3. The first kappa shape index (κ1) is 22.2. The van der Waals surface area contributed by atoms with E-state index in [-0.39, 0.29) is 29.5 Å². The van der Waals surface area contributed by atoms with Gasteiger partial charge >= 0.3 is 0 Å². The van der Waals surface area contributed by atoms with Crippen molar-refractivity contribution in [3.63, 3.8) is 0 Å². The van der Waals surface area contributed by atoms with E-state index in [0.29, 0.717) is 18.1 Å². The van der Waals surface area contributed by atoms with E-state index in [1.54, 1.807) is 23.0 Å². The molecule has 2 aromatic heterocycles. The van der Waals surface area contributed by atoms with Crippen LogP contribution in [0.3, 0.4) is 0 Å². The average molecular weight is 437 g/mol. The number of phenols is 1. The van der Waals surface area contributed by atoms with Gasteiger partial charge in [0.1, 0.15) is 11.4 Å². The summed E-state index contributed by atoms with van der Waals surface area (Å²) in [4.78, 5) is 2.17. The minimum atomic E-state index is -0.0467. The molecule has 1 aromatic carbocycles. The van der Waals surface area contributed by atoms with E-state index < -0.39 is 0 Å². The summed E-state index contributed by atoms with van der Waals surface area (Å²) in [6.45, 7) is 9.33. The summed E-state index contributed by atoms with van der Waals surface area (Å²) in [6, 6.07) is 11.1. The summed E-state index contributed by atoms with van der Waals surface area (Å²) in [7, 11) is 0. The van der Waals surface area contributed by atoms with Crippen LogP contribution in [0.2, 0.25) is 0 Å². The fraction of sp³-hybridized carbons (Fsp3) is 0.458. The Bertz CT molecular complexity index is 1060. The van der Waals surface area contributed by atoms with Gasteiger partial charge in [0.15, 0.2) is 5.82 Å². The zero-order valence-corrected chi connectivity index (χ0v) is 19.2. The van der Waals surface area contributed by atoms with Gasteiger partial charge in [0.2, 0.25) is 0 Å². The fourth-order valence-corrected chi connectivity index (χ4v) is 5.05. The number of hydrogen-bond acceptors (Lipinski definition) is 7. The highest BCUT2D eigenvalue weighted by Crippen LogP contribution is 2.36. The Balaban J connectivity index is 1.73. The highest BCUT2D eigenvalue weighted by molar-refractivity contribution is 5.73. The summed E-state index contributed by atoms with van der Waals surface area (Å²) in [5, 5.41) is 37.2. The molecule has 3 heterocycles. The molecule has 0 amide bonds. The van der Waals surface area contributed by atoms with Crippen LogP contribution in [0.5, 0.6) is 5.75 Å². The van der Waals surface area contributed by atoms with Crippen molar-refractivity contribution in [1.29, 1.82) is 0 Å². The number of rotatable bonds is 6. The third kappa shape index (κ3) is 4.61. The molecule has 1 fully saturated rings. The lowest BCUT2D eigenvalue weighted by Gasteiger charge is -2.50. The predicted octanol–water partition coefficient (Wildman–Crippen LogP) is 3.14. The Labute approximate surface area is 188 Å². The van der Waals surface area contributed by atoms with Gasteiger partial charge in [0.05, 0.1) is 18.5 Å². The van der Waals surface area contributed by atoms with Crippen LogP contribution in [0.25, 0.3) is 16.9 Å². The van der Waals surface area contributed by atoms with Crippen LogP contribution in [0.4, 0.5) is 5.82 Å². The number of aliphatic hydroxyl groups is 1. The number of piperidine rings is 1. The molecule has 1 saturated heterocycles. The Kier molecular flexibility index (Phi) is 5.92. The maximum Gasteiger partial charge on any atom is 0.161 e. The molecular formula is C24H32N6O2. The monoisotopic (exact) mass is 436 g/mol. The highest BCUT2D eigenvalue weighted by Gasteiger charge is 2.40. The molecule has 8 heteroatoms. The second-order valence-electron chi connectivity index (χ2n) is 9.77. The van der Waals surface area contributed by atoms with Crippen molar-refractivity contribution in [3.8, 4) is 22.7 Å². The van der Waals surface area contributed by atoms with Crippen LogP contribution in [0.1, 0.15) is 40.5 Å². The molecule has 170 valence electrons. The van der Waals surface area contributed by atoms with Gasteiger partial charge < -0.3 is 20.4 Å². The molecule has 1 aliphatic rings. The SMILES string of the molecule is CC1(C)CC(N(CCO)c2nnccc2-c2ccn(-c3ccccc3O)n2)CC(C)(C)N1. The second-order valence-corrected chi connectivity index (χ2v) is 9.77. The van der Waals surface area contributed by atoms with Crippen LogP contribution >= 0.6 is 0 Å². The van der Waals surface area contributed by atoms with Gasteiger partial charge in [-0.15, -0.1) is 5.10 Å². The lowest BCUT2D eigenvalue weighted by atomic mass is 9.79. The molecule has 0 radical (unpaired) electrons. The molecule has 8 nitrogen and oxygen atoms in total. The first-order valence-corrected chi connectivity index (χ1v) is 11.0. The molecule has 3 aromatic rings. The fourth-order valence-electron chi connectivity index (χ4n) is 5.05. The largest absolute Gasteiger partial charge is 0.506 e. The zero-order chi connectivity index (χ0) is 22.9. The number of nitrogens with zero attached hydrogens (tertiary/aromatic N) is 5. The Morgan fingerprint density at radius 3 is 2.50 bits per heavy atom. The number of aromatic nitrogens is 4. The quantitative estimate of drug-likeness (QED) is 0.546. The number of phenolic OH excluding ortho intramolecular Hbond substituents is 1. The molecule has 0 aliphatic carbocycles. The molecule has 0 atom stereocenters. The van der Waals surface area contributed by atoms with Crippen molar-refractivity contribution in [1.82, 2.24) is 25.3 Å². The molecule has 0 bridgehead atoms. The van der Waals surface area contributed by atoms with E-state index in [2.05, 4.69) is 48.1 Å². The topological polar surface area (TPSA) is 99.3 Å². The Hall–Kier alpha value is -2.97. The maximum atomic E-state index is 10.2. The molecule has 0 spiro atoms. The lowest BCUT2D eigenvalue weighted by Crippen LogP contribution is -2.62. The minimum Gasteiger partial charge on any atom is -0.506 e. The summed E-state index contributed by atoms with van der Waals surface area (Å²) in [6.07, 6.45) is 5.31. The number of benzene rings is 1. The summed E-state index contributed by atoms with van der Waals surface area (Å²) >= 11 is 0. The number of nitrogens with one attached hydrogen (secondary N) is 1. The first-order chi connectivity index (χ1) is 15.2. The third-order valence-electron chi connectivity index (χ3n) is 5.92. The molecule has 3 N–H and O–H groups in total. The molecule has 0 saturated carbocycles. The molecule has 4 rings (SSSR count). The van der Waals surface area contributed by atoms with E-state index >= 15 is 0 Å². The van der Waals surface area contributed by atoms with Crippen LogP contribution in [0.15, 0.2) is 48.8 Å². The Morgan fingerprint density at radius 1 is 1.09 bits per heavy atom. The van der Waals surface area contributed by atoms with Crippen molar-refractivity contribution in [2.75, 3.05) is 18.1 Å². The molecule has 32 heavy (non-hydrogen) atoms. The van der Waals surface area contributed by atoms with Crippen LogP contribution in [0, 0.1) is 0 Å². The molecular weight excluding hydrogens is 404 g/mol. The van der Waals surface area contributed by atoms with Crippen LogP contribution < -0.4 is 10.2 Å². The van der Waals surface area contributed by atoms with E-state index in [0.717, 1.165) is 24.1 Å². The number of aromatic hydroxyl groups is 1. The summed E-state index contributed by atoms with van der Waals surface area (Å²) < 4.78 is 1.65. The van der Waals surface area contributed by atoms with Crippen molar-refractivity contribution in [2.24, 2.45) is 0 Å².